The number of hydrogen-bond acceptors (Lipinski definition) is 5. The summed E-state index contributed by atoms with van der Waals surface area (Å²) in [6.45, 7) is 2.48. The van der Waals surface area contributed by atoms with Gasteiger partial charge in [-0.1, -0.05) is 0 Å². The predicted octanol–water partition coefficient (Wildman–Crippen LogP) is 3.18. The van der Waals surface area contributed by atoms with Gasteiger partial charge in [0.2, 0.25) is 0 Å². The zero-order chi connectivity index (χ0) is 14.7. The Hall–Kier alpha value is -2.08. The molecule has 1 aromatic heterocycles. The van der Waals surface area contributed by atoms with Crippen LogP contribution in [-0.2, 0) is 11.3 Å². The molecule has 2 aromatic rings. The molecule has 1 heterocycles. The Kier molecular flexibility index (Phi) is 4.24. The second-order valence-electron chi connectivity index (χ2n) is 4.34. The highest BCUT2D eigenvalue weighted by atomic mass is 32.1. The number of ether oxygens (including phenoxy) is 1. The molecule has 0 aliphatic heterocycles. The first-order valence-electron chi connectivity index (χ1n) is 5.95. The van der Waals surface area contributed by atoms with Crippen molar-refractivity contribution in [2.45, 2.75) is 13.5 Å². The number of nitrogens with one attached hydrogen (secondary N) is 1. The van der Waals surface area contributed by atoms with Crippen LogP contribution in [0.15, 0.2) is 22.9 Å². The number of carbonyl (C=O) groups excluding carboxylic acids is 1. The third-order valence-electron chi connectivity index (χ3n) is 2.98. The van der Waals surface area contributed by atoms with E-state index in [4.69, 9.17) is 5.73 Å². The number of thiophene rings is 1. The molecule has 6 heteroatoms. The lowest BCUT2D eigenvalue weighted by atomic mass is 10.1. The van der Waals surface area contributed by atoms with Crippen molar-refractivity contribution in [3.05, 3.63) is 45.4 Å². The van der Waals surface area contributed by atoms with Crippen LogP contribution in [0.4, 0.5) is 15.8 Å². The van der Waals surface area contributed by atoms with Gasteiger partial charge in [0.05, 0.1) is 18.4 Å². The fourth-order valence-corrected chi connectivity index (χ4v) is 2.63. The highest BCUT2D eigenvalue weighted by Crippen LogP contribution is 2.24. The molecule has 0 spiro atoms. The quantitative estimate of drug-likeness (QED) is 0.671. The van der Waals surface area contributed by atoms with Gasteiger partial charge in [0.25, 0.3) is 0 Å². The van der Waals surface area contributed by atoms with Crippen LogP contribution in [0.2, 0.25) is 0 Å². The zero-order valence-electron chi connectivity index (χ0n) is 11.2. The number of methoxy groups -OCH3 is 1. The first kappa shape index (κ1) is 14.3. The van der Waals surface area contributed by atoms with E-state index in [2.05, 4.69) is 10.1 Å². The largest absolute Gasteiger partial charge is 0.465 e. The number of aryl methyl sites for hydroxylation is 1. The smallest absolute Gasteiger partial charge is 0.340 e. The lowest BCUT2D eigenvalue weighted by Gasteiger charge is -2.11. The standard InChI is InChI=1S/C14H15FN2O2S/c1-8-6-20-7-9(8)5-17-13-3-10(14(18)19-2)12(16)4-11(13)15/h3-4,6-7,17H,5,16H2,1-2H3. The number of halogens is 1. The molecule has 0 fully saturated rings. The number of nitrogen functional groups attached to an aromatic ring is 1. The first-order chi connectivity index (χ1) is 9.52. The molecule has 20 heavy (non-hydrogen) atoms. The minimum Gasteiger partial charge on any atom is -0.465 e. The van der Waals surface area contributed by atoms with Gasteiger partial charge in [0, 0.05) is 12.2 Å². The number of anilines is 2. The fourth-order valence-electron chi connectivity index (χ4n) is 1.77. The maximum Gasteiger partial charge on any atom is 0.340 e. The molecule has 0 bridgehead atoms. The van der Waals surface area contributed by atoms with Gasteiger partial charge in [-0.05, 0) is 40.9 Å². The summed E-state index contributed by atoms with van der Waals surface area (Å²) in [4.78, 5) is 11.5. The van der Waals surface area contributed by atoms with E-state index in [0.29, 0.717) is 6.54 Å². The summed E-state index contributed by atoms with van der Waals surface area (Å²) in [6.07, 6.45) is 0. The second kappa shape index (κ2) is 5.92. The predicted molar refractivity (Wildman–Crippen MR) is 78.5 cm³/mol. The van der Waals surface area contributed by atoms with Gasteiger partial charge in [-0.3, -0.25) is 0 Å². The second-order valence-corrected chi connectivity index (χ2v) is 5.09. The molecule has 0 aliphatic rings. The number of nitrogens with two attached hydrogens (primary N) is 1. The number of benzene rings is 1. The van der Waals surface area contributed by atoms with Crippen molar-refractivity contribution < 1.29 is 13.9 Å². The van der Waals surface area contributed by atoms with E-state index in [0.717, 1.165) is 17.2 Å². The van der Waals surface area contributed by atoms with Crippen LogP contribution in [0, 0.1) is 12.7 Å². The molecule has 0 saturated heterocycles. The third-order valence-corrected chi connectivity index (χ3v) is 3.89. The number of esters is 1. The van der Waals surface area contributed by atoms with Gasteiger partial charge < -0.3 is 15.8 Å². The Bertz CT molecular complexity index is 640. The molecule has 106 valence electrons. The zero-order valence-corrected chi connectivity index (χ0v) is 12.0. The topological polar surface area (TPSA) is 64.3 Å². The third kappa shape index (κ3) is 2.91. The summed E-state index contributed by atoms with van der Waals surface area (Å²) in [6, 6.07) is 2.49. The molecule has 0 aliphatic carbocycles. The van der Waals surface area contributed by atoms with Crippen molar-refractivity contribution in [1.29, 1.82) is 0 Å². The first-order valence-corrected chi connectivity index (χ1v) is 6.90. The van der Waals surface area contributed by atoms with E-state index in [1.54, 1.807) is 11.3 Å². The number of rotatable bonds is 4. The minimum atomic E-state index is -0.586. The van der Waals surface area contributed by atoms with Crippen LogP contribution in [-0.4, -0.2) is 13.1 Å². The maximum atomic E-state index is 13.8. The average Bonchev–Trinajstić information content (AvgIpc) is 2.82. The molecule has 3 N–H and O–H groups in total. The van der Waals surface area contributed by atoms with Crippen molar-refractivity contribution in [2.24, 2.45) is 0 Å². The van der Waals surface area contributed by atoms with E-state index < -0.39 is 11.8 Å². The molecule has 2 rings (SSSR count). The summed E-state index contributed by atoms with van der Waals surface area (Å²) in [5.41, 5.74) is 8.29. The van der Waals surface area contributed by atoms with Crippen LogP contribution >= 0.6 is 11.3 Å². The molecule has 1 aromatic carbocycles. The van der Waals surface area contributed by atoms with Gasteiger partial charge in [-0.2, -0.15) is 11.3 Å². The summed E-state index contributed by atoms with van der Waals surface area (Å²) >= 11 is 1.59. The molecule has 0 saturated carbocycles. The molecule has 0 radical (unpaired) electrons. The van der Waals surface area contributed by atoms with Crippen LogP contribution < -0.4 is 11.1 Å². The van der Waals surface area contributed by atoms with Crippen LogP contribution in [0.25, 0.3) is 0 Å². The highest BCUT2D eigenvalue weighted by Gasteiger charge is 2.14. The van der Waals surface area contributed by atoms with E-state index in [1.807, 2.05) is 17.7 Å². The average molecular weight is 294 g/mol. The number of carbonyl (C=O) groups is 1. The summed E-state index contributed by atoms with van der Waals surface area (Å²) in [5.74, 6) is -1.08. The monoisotopic (exact) mass is 294 g/mol. The summed E-state index contributed by atoms with van der Waals surface area (Å²) in [7, 11) is 1.26. The van der Waals surface area contributed by atoms with Crippen LogP contribution in [0.1, 0.15) is 21.5 Å². The van der Waals surface area contributed by atoms with Gasteiger partial charge >= 0.3 is 5.97 Å². The van der Waals surface area contributed by atoms with Gasteiger partial charge in [0.15, 0.2) is 0 Å². The SMILES string of the molecule is COC(=O)c1cc(NCc2cscc2C)c(F)cc1N. The Morgan fingerprint density at radius 2 is 2.20 bits per heavy atom. The Morgan fingerprint density at radius 1 is 1.45 bits per heavy atom. The molecule has 0 unspecified atom stereocenters. The van der Waals surface area contributed by atoms with Crippen LogP contribution in [0.3, 0.4) is 0 Å². The van der Waals surface area contributed by atoms with E-state index in [-0.39, 0.29) is 16.9 Å². The van der Waals surface area contributed by atoms with Crippen molar-refractivity contribution in [3.63, 3.8) is 0 Å². The Balaban J connectivity index is 2.23. The van der Waals surface area contributed by atoms with Crippen molar-refractivity contribution >= 4 is 28.7 Å². The molecule has 0 atom stereocenters. The van der Waals surface area contributed by atoms with E-state index in [1.165, 1.54) is 13.2 Å². The van der Waals surface area contributed by atoms with Gasteiger partial charge in [-0.15, -0.1) is 0 Å². The number of hydrogen-bond donors (Lipinski definition) is 2. The van der Waals surface area contributed by atoms with Crippen molar-refractivity contribution in [3.8, 4) is 0 Å². The summed E-state index contributed by atoms with van der Waals surface area (Å²) in [5, 5.41) is 6.99. The van der Waals surface area contributed by atoms with E-state index in [9.17, 15) is 9.18 Å². The normalized spacial score (nSPS) is 10.3. The maximum absolute atomic E-state index is 13.8. The molecular formula is C14H15FN2O2S. The Labute approximate surface area is 120 Å². The van der Waals surface area contributed by atoms with Crippen molar-refractivity contribution in [1.82, 2.24) is 0 Å². The Morgan fingerprint density at radius 3 is 2.80 bits per heavy atom. The highest BCUT2D eigenvalue weighted by molar-refractivity contribution is 7.08. The van der Waals surface area contributed by atoms with E-state index >= 15 is 0 Å². The van der Waals surface area contributed by atoms with Crippen LogP contribution in [0.5, 0.6) is 0 Å². The van der Waals surface area contributed by atoms with Gasteiger partial charge in [0.1, 0.15) is 5.82 Å². The lowest BCUT2D eigenvalue weighted by molar-refractivity contribution is 0.0602. The van der Waals surface area contributed by atoms with Gasteiger partial charge in [-0.25, -0.2) is 9.18 Å². The minimum absolute atomic E-state index is 0.0617. The molecular weight excluding hydrogens is 279 g/mol. The summed E-state index contributed by atoms with van der Waals surface area (Å²) < 4.78 is 18.4. The lowest BCUT2D eigenvalue weighted by Crippen LogP contribution is -2.09. The molecule has 0 amide bonds. The fraction of sp³-hybridized carbons (Fsp3) is 0.214. The molecule has 4 nitrogen and oxygen atoms in total. The van der Waals surface area contributed by atoms with Crippen molar-refractivity contribution in [2.75, 3.05) is 18.2 Å².